The first-order valence-electron chi connectivity index (χ1n) is 8.70. The van der Waals surface area contributed by atoms with Gasteiger partial charge in [0.05, 0.1) is 6.20 Å². The highest BCUT2D eigenvalue weighted by Gasteiger charge is 2.30. The Morgan fingerprint density at radius 1 is 1.00 bits per heavy atom. The van der Waals surface area contributed by atoms with Crippen LogP contribution in [0, 0.1) is 6.92 Å². The van der Waals surface area contributed by atoms with Crippen molar-refractivity contribution in [2.45, 2.75) is 11.8 Å². The SMILES string of the molecule is Cc1ccc(Nc2ccc(N3CCN(S(=O)(=O)c4cnoc4)CC3)nn2)nc1. The number of rotatable bonds is 5. The van der Waals surface area contributed by atoms with E-state index in [0.29, 0.717) is 43.6 Å². The van der Waals surface area contributed by atoms with Gasteiger partial charge in [-0.2, -0.15) is 4.31 Å². The molecule has 0 spiro atoms. The number of pyridine rings is 1. The molecule has 1 fully saturated rings. The van der Waals surface area contributed by atoms with Gasteiger partial charge in [-0.15, -0.1) is 10.2 Å². The summed E-state index contributed by atoms with van der Waals surface area (Å²) in [6.07, 6.45) is 4.13. The van der Waals surface area contributed by atoms with Crippen molar-refractivity contribution in [1.82, 2.24) is 24.6 Å². The molecule has 28 heavy (non-hydrogen) atoms. The van der Waals surface area contributed by atoms with Crippen LogP contribution in [0.5, 0.6) is 0 Å². The van der Waals surface area contributed by atoms with Crippen LogP contribution in [0.1, 0.15) is 5.56 Å². The van der Waals surface area contributed by atoms with Gasteiger partial charge in [-0.1, -0.05) is 11.2 Å². The molecule has 4 rings (SSSR count). The van der Waals surface area contributed by atoms with Crippen molar-refractivity contribution in [2.75, 3.05) is 36.4 Å². The molecule has 11 heteroatoms. The summed E-state index contributed by atoms with van der Waals surface area (Å²) in [7, 11) is -3.57. The number of hydrogen-bond acceptors (Lipinski definition) is 9. The fourth-order valence-corrected chi connectivity index (χ4v) is 4.15. The standard InChI is InChI=1S/C17H19N7O3S/c1-13-2-3-15(18-10-13)20-16-4-5-17(22-21-16)23-6-8-24(9-7-23)28(25,26)14-11-19-27-12-14/h2-5,10-12H,6-9H2,1H3,(H,18,20,21). The van der Waals surface area contributed by atoms with Gasteiger partial charge in [0, 0.05) is 32.4 Å². The number of aromatic nitrogens is 4. The lowest BCUT2D eigenvalue weighted by atomic mass is 10.3. The lowest BCUT2D eigenvalue weighted by molar-refractivity contribution is 0.382. The highest BCUT2D eigenvalue weighted by atomic mass is 32.2. The van der Waals surface area contributed by atoms with E-state index in [4.69, 9.17) is 0 Å². The maximum atomic E-state index is 12.5. The first-order valence-corrected chi connectivity index (χ1v) is 10.1. The predicted octanol–water partition coefficient (Wildman–Crippen LogP) is 1.42. The van der Waals surface area contributed by atoms with Crippen molar-refractivity contribution < 1.29 is 12.9 Å². The monoisotopic (exact) mass is 401 g/mol. The Labute approximate surface area is 162 Å². The van der Waals surface area contributed by atoms with Crippen molar-refractivity contribution in [3.8, 4) is 0 Å². The van der Waals surface area contributed by atoms with Gasteiger partial charge < -0.3 is 14.7 Å². The van der Waals surface area contributed by atoms with Crippen molar-refractivity contribution in [2.24, 2.45) is 0 Å². The fraction of sp³-hybridized carbons (Fsp3) is 0.294. The maximum absolute atomic E-state index is 12.5. The minimum Gasteiger partial charge on any atom is -0.363 e. The Balaban J connectivity index is 1.38. The third-order valence-corrected chi connectivity index (χ3v) is 6.27. The normalized spacial score (nSPS) is 15.5. The molecule has 0 saturated carbocycles. The molecular formula is C17H19N7O3S. The number of anilines is 3. The van der Waals surface area contributed by atoms with Gasteiger partial charge in [0.2, 0.25) is 10.0 Å². The molecule has 0 unspecified atom stereocenters. The molecule has 0 aliphatic carbocycles. The zero-order chi connectivity index (χ0) is 19.6. The van der Waals surface area contributed by atoms with Gasteiger partial charge >= 0.3 is 0 Å². The van der Waals surface area contributed by atoms with E-state index in [1.807, 2.05) is 36.1 Å². The van der Waals surface area contributed by atoms with E-state index in [9.17, 15) is 8.42 Å². The second-order valence-corrected chi connectivity index (χ2v) is 8.31. The third-order valence-electron chi connectivity index (χ3n) is 4.43. The minimum atomic E-state index is -3.57. The number of nitrogens with one attached hydrogen (secondary N) is 1. The summed E-state index contributed by atoms with van der Waals surface area (Å²) in [5, 5.41) is 15.0. The molecular weight excluding hydrogens is 382 g/mol. The summed E-state index contributed by atoms with van der Waals surface area (Å²) in [6, 6.07) is 7.52. The van der Waals surface area contributed by atoms with Gasteiger partial charge in [-0.25, -0.2) is 13.4 Å². The van der Waals surface area contributed by atoms with Crippen LogP contribution in [0.4, 0.5) is 17.5 Å². The molecule has 10 nitrogen and oxygen atoms in total. The number of hydrogen-bond donors (Lipinski definition) is 1. The van der Waals surface area contributed by atoms with E-state index in [2.05, 4.69) is 30.2 Å². The number of sulfonamides is 1. The Morgan fingerprint density at radius 2 is 1.79 bits per heavy atom. The van der Waals surface area contributed by atoms with Gasteiger partial charge in [0.1, 0.15) is 17.0 Å². The molecule has 0 atom stereocenters. The quantitative estimate of drug-likeness (QED) is 0.677. The van der Waals surface area contributed by atoms with Gasteiger partial charge in [0.25, 0.3) is 0 Å². The van der Waals surface area contributed by atoms with Gasteiger partial charge in [-0.05, 0) is 30.7 Å². The molecule has 0 amide bonds. The summed E-state index contributed by atoms with van der Waals surface area (Å²) < 4.78 is 31.1. The van der Waals surface area contributed by atoms with Crippen molar-refractivity contribution in [3.63, 3.8) is 0 Å². The van der Waals surface area contributed by atoms with Crippen LogP contribution in [-0.4, -0.2) is 59.2 Å². The van der Waals surface area contributed by atoms with Gasteiger partial charge in [-0.3, -0.25) is 0 Å². The molecule has 1 aliphatic heterocycles. The Morgan fingerprint density at radius 3 is 2.39 bits per heavy atom. The summed E-state index contributed by atoms with van der Waals surface area (Å²) in [4.78, 5) is 6.35. The van der Waals surface area contributed by atoms with E-state index in [1.54, 1.807) is 6.20 Å². The lowest BCUT2D eigenvalue weighted by Gasteiger charge is -2.34. The molecule has 0 bridgehead atoms. The van der Waals surface area contributed by atoms with Crippen LogP contribution < -0.4 is 10.2 Å². The number of piperazine rings is 1. The van der Waals surface area contributed by atoms with E-state index >= 15 is 0 Å². The molecule has 3 aromatic rings. The summed E-state index contributed by atoms with van der Waals surface area (Å²) >= 11 is 0. The summed E-state index contributed by atoms with van der Waals surface area (Å²) in [6.45, 7) is 3.71. The van der Waals surface area contributed by atoms with E-state index in [0.717, 1.165) is 11.8 Å². The van der Waals surface area contributed by atoms with E-state index < -0.39 is 10.0 Å². The number of aryl methyl sites for hydroxylation is 1. The van der Waals surface area contributed by atoms with E-state index in [-0.39, 0.29) is 4.90 Å². The number of nitrogens with zero attached hydrogens (tertiary/aromatic N) is 6. The molecule has 4 heterocycles. The molecule has 0 radical (unpaired) electrons. The van der Waals surface area contributed by atoms with Gasteiger partial charge in [0.15, 0.2) is 11.6 Å². The van der Waals surface area contributed by atoms with Crippen LogP contribution in [0.25, 0.3) is 0 Å². The average molecular weight is 401 g/mol. The van der Waals surface area contributed by atoms with Crippen LogP contribution in [0.15, 0.2) is 52.3 Å². The van der Waals surface area contributed by atoms with Crippen LogP contribution in [-0.2, 0) is 10.0 Å². The van der Waals surface area contributed by atoms with Crippen molar-refractivity contribution in [1.29, 1.82) is 0 Å². The first kappa shape index (κ1) is 18.3. The highest BCUT2D eigenvalue weighted by Crippen LogP contribution is 2.20. The average Bonchev–Trinajstić information content (AvgIpc) is 3.26. The highest BCUT2D eigenvalue weighted by molar-refractivity contribution is 7.89. The van der Waals surface area contributed by atoms with Crippen LogP contribution in [0.3, 0.4) is 0 Å². The largest absolute Gasteiger partial charge is 0.363 e. The second kappa shape index (κ2) is 7.52. The minimum absolute atomic E-state index is 0.0703. The lowest BCUT2D eigenvalue weighted by Crippen LogP contribution is -2.48. The van der Waals surface area contributed by atoms with Crippen LogP contribution >= 0.6 is 0 Å². The van der Waals surface area contributed by atoms with Crippen LogP contribution in [0.2, 0.25) is 0 Å². The molecule has 0 aromatic carbocycles. The predicted molar refractivity (Wildman–Crippen MR) is 102 cm³/mol. The summed E-state index contributed by atoms with van der Waals surface area (Å²) in [5.74, 6) is 1.98. The zero-order valence-corrected chi connectivity index (χ0v) is 16.0. The molecule has 1 aliphatic rings. The second-order valence-electron chi connectivity index (χ2n) is 6.37. The molecule has 1 N–H and O–H groups in total. The maximum Gasteiger partial charge on any atom is 0.248 e. The first-order chi connectivity index (χ1) is 13.5. The third kappa shape index (κ3) is 3.80. The molecule has 3 aromatic heterocycles. The Hall–Kier alpha value is -3.05. The Kier molecular flexibility index (Phi) is 4.92. The summed E-state index contributed by atoms with van der Waals surface area (Å²) in [5.41, 5.74) is 1.08. The topological polar surface area (TPSA) is 117 Å². The Bertz CT molecular complexity index is 1010. The smallest absolute Gasteiger partial charge is 0.248 e. The molecule has 146 valence electrons. The zero-order valence-electron chi connectivity index (χ0n) is 15.2. The van der Waals surface area contributed by atoms with Crippen molar-refractivity contribution >= 4 is 27.5 Å². The molecule has 1 saturated heterocycles. The fourth-order valence-electron chi connectivity index (χ4n) is 2.86. The van der Waals surface area contributed by atoms with E-state index in [1.165, 1.54) is 10.5 Å². The van der Waals surface area contributed by atoms with Crippen molar-refractivity contribution in [3.05, 3.63) is 48.5 Å².